The van der Waals surface area contributed by atoms with Crippen LogP contribution in [0.1, 0.15) is 24.8 Å². The average Bonchev–Trinajstić information content (AvgIpc) is 3.93. The Hall–Kier alpha value is -4.86. The SMILES string of the molecule is O=C1C(=O)C2CC(C(F)(F)F)CCC2C1=Nc1ncc(-c2cc3c(s2)c2sc4ccccc4c2n3C(=O)OCc2ccccc2)c2nsnc12. The van der Waals surface area contributed by atoms with Crippen molar-refractivity contribution < 1.29 is 32.3 Å². The monoisotopic (exact) mass is 729 g/mol. The number of pyridine rings is 1. The van der Waals surface area contributed by atoms with Crippen LogP contribution in [0.25, 0.3) is 52.0 Å². The van der Waals surface area contributed by atoms with Crippen molar-refractivity contribution >= 4 is 105 Å². The molecule has 2 aliphatic carbocycles. The summed E-state index contributed by atoms with van der Waals surface area (Å²) in [5.74, 6) is -4.97. The van der Waals surface area contributed by atoms with Crippen LogP contribution in [0.4, 0.5) is 23.8 Å². The van der Waals surface area contributed by atoms with Crippen LogP contribution in [0.3, 0.4) is 0 Å². The van der Waals surface area contributed by atoms with Crippen molar-refractivity contribution in [1.82, 2.24) is 18.3 Å². The van der Waals surface area contributed by atoms with E-state index in [-0.39, 0.29) is 31.0 Å². The second kappa shape index (κ2) is 11.6. The number of ketones is 2. The van der Waals surface area contributed by atoms with Crippen molar-refractivity contribution in [2.24, 2.45) is 22.7 Å². The Morgan fingerprint density at radius 3 is 2.56 bits per heavy atom. The molecule has 0 bridgehead atoms. The Labute approximate surface area is 292 Å². The van der Waals surface area contributed by atoms with Crippen LogP contribution in [-0.4, -0.2) is 47.8 Å². The number of hydrogen-bond donors (Lipinski definition) is 0. The Bertz CT molecular complexity index is 2570. The van der Waals surface area contributed by atoms with Crippen molar-refractivity contribution in [2.45, 2.75) is 32.0 Å². The van der Waals surface area contributed by atoms with E-state index in [1.54, 1.807) is 22.1 Å². The molecule has 2 saturated carbocycles. The summed E-state index contributed by atoms with van der Waals surface area (Å²) >= 11 is 3.99. The normalized spacial score (nSPS) is 20.5. The van der Waals surface area contributed by atoms with Crippen LogP contribution in [-0.2, 0) is 20.9 Å². The topological polar surface area (TPSA) is 116 Å². The number of Topliss-reactive ketones (excluding diaryl/α,β-unsaturated/α-hetero) is 2. The lowest BCUT2D eigenvalue weighted by Gasteiger charge is -2.31. The first kappa shape index (κ1) is 31.1. The van der Waals surface area contributed by atoms with Crippen LogP contribution >= 0.6 is 34.4 Å². The zero-order valence-electron chi connectivity index (χ0n) is 25.6. The van der Waals surface area contributed by atoms with Crippen molar-refractivity contribution in [3.63, 3.8) is 0 Å². The second-order valence-electron chi connectivity index (χ2n) is 12.4. The van der Waals surface area contributed by atoms with Gasteiger partial charge in [0.2, 0.25) is 11.6 Å². The smallest absolute Gasteiger partial charge is 0.419 e. The third kappa shape index (κ3) is 4.89. The first-order chi connectivity index (χ1) is 24.2. The third-order valence-electron chi connectivity index (χ3n) is 9.56. The third-order valence-corrected chi connectivity index (χ3v) is 12.6. The highest BCUT2D eigenvalue weighted by molar-refractivity contribution is 7.32. The molecule has 5 aromatic heterocycles. The largest absolute Gasteiger partial charge is 0.444 e. The Balaban J connectivity index is 1.11. The van der Waals surface area contributed by atoms with Crippen molar-refractivity contribution in [3.05, 3.63) is 72.4 Å². The second-order valence-corrected chi connectivity index (χ2v) is 15.0. The number of thiophene rings is 2. The Morgan fingerprint density at radius 2 is 1.74 bits per heavy atom. The minimum absolute atomic E-state index is 0.0342. The molecule has 0 spiro atoms. The minimum Gasteiger partial charge on any atom is -0.444 e. The summed E-state index contributed by atoms with van der Waals surface area (Å²) in [5.41, 5.74) is 3.66. The van der Waals surface area contributed by atoms with Crippen molar-refractivity contribution in [1.29, 1.82) is 0 Å². The van der Waals surface area contributed by atoms with E-state index in [0.29, 0.717) is 22.1 Å². The van der Waals surface area contributed by atoms with E-state index in [9.17, 15) is 27.6 Å². The lowest BCUT2D eigenvalue weighted by molar-refractivity contribution is -0.187. The fourth-order valence-electron chi connectivity index (χ4n) is 7.16. The van der Waals surface area contributed by atoms with Crippen LogP contribution in [0.5, 0.6) is 0 Å². The zero-order valence-corrected chi connectivity index (χ0v) is 28.1. The van der Waals surface area contributed by atoms with E-state index >= 15 is 0 Å². The quantitative estimate of drug-likeness (QED) is 0.166. The van der Waals surface area contributed by atoms with E-state index in [0.717, 1.165) is 47.2 Å². The summed E-state index contributed by atoms with van der Waals surface area (Å²) in [7, 11) is 0. The maximum Gasteiger partial charge on any atom is 0.419 e. The van der Waals surface area contributed by atoms with Gasteiger partial charge in [-0.2, -0.15) is 21.9 Å². The maximum atomic E-state index is 13.8. The molecule has 250 valence electrons. The molecule has 9 rings (SSSR count). The van der Waals surface area contributed by atoms with Gasteiger partial charge in [-0.3, -0.25) is 9.59 Å². The minimum atomic E-state index is -4.43. The number of nitrogens with zero attached hydrogens (tertiary/aromatic N) is 5. The molecule has 15 heteroatoms. The van der Waals surface area contributed by atoms with Crippen molar-refractivity contribution in [2.75, 3.05) is 0 Å². The molecule has 9 nitrogen and oxygen atoms in total. The number of ether oxygens (including phenoxy) is 1. The Morgan fingerprint density at radius 1 is 0.960 bits per heavy atom. The van der Waals surface area contributed by atoms with Gasteiger partial charge in [0, 0.05) is 38.6 Å². The summed E-state index contributed by atoms with van der Waals surface area (Å²) in [4.78, 5) is 49.3. The lowest BCUT2D eigenvalue weighted by atomic mass is 9.75. The average molecular weight is 730 g/mol. The number of carbonyl (C=O) groups excluding carboxylic acids is 3. The summed E-state index contributed by atoms with van der Waals surface area (Å²) < 4.78 is 59.5. The van der Waals surface area contributed by atoms with E-state index < -0.39 is 48.0 Å². The molecule has 3 unspecified atom stereocenters. The number of carbonyl (C=O) groups is 3. The predicted molar refractivity (Wildman–Crippen MR) is 186 cm³/mol. The number of rotatable bonds is 4. The predicted octanol–water partition coefficient (Wildman–Crippen LogP) is 9.14. The molecule has 0 saturated heterocycles. The van der Waals surface area contributed by atoms with E-state index in [1.165, 1.54) is 11.3 Å². The molecule has 0 aliphatic heterocycles. The molecule has 0 N–H and O–H groups in total. The standard InChI is InChI=1S/C35H22F3N5O4S3/c36-35(37,38)17-10-11-18-20(12-17)29(44)30(45)26(18)40-33-27-25(41-50-42-27)21(14-39-33)24-13-22-31(49-24)32-28(19-8-4-5-9-23(19)48-32)43(22)34(46)47-15-16-6-2-1-3-7-16/h1-9,13-14,17-18,20H,10-12,15H2. The highest BCUT2D eigenvalue weighted by Gasteiger charge is 2.54. The first-order valence-electron chi connectivity index (χ1n) is 15.7. The van der Waals surface area contributed by atoms with Crippen LogP contribution in [0, 0.1) is 17.8 Å². The van der Waals surface area contributed by atoms with Gasteiger partial charge >= 0.3 is 12.3 Å². The number of hydrogen-bond acceptors (Lipinski definition) is 11. The first-order valence-corrected chi connectivity index (χ1v) is 18.1. The van der Waals surface area contributed by atoms with Gasteiger partial charge in [0.15, 0.2) is 5.82 Å². The van der Waals surface area contributed by atoms with Gasteiger partial charge in [-0.25, -0.2) is 19.3 Å². The summed E-state index contributed by atoms with van der Waals surface area (Å²) in [6.07, 6.45) is -3.93. The van der Waals surface area contributed by atoms with Gasteiger partial charge < -0.3 is 4.74 Å². The highest BCUT2D eigenvalue weighted by Crippen LogP contribution is 2.48. The molecule has 2 aliphatic rings. The number of aromatic nitrogens is 4. The molecule has 0 amide bonds. The molecule has 0 radical (unpaired) electrons. The van der Waals surface area contributed by atoms with Gasteiger partial charge in [-0.1, -0.05) is 48.5 Å². The zero-order chi connectivity index (χ0) is 34.3. The van der Waals surface area contributed by atoms with E-state index in [1.807, 2.05) is 60.7 Å². The Kier molecular flexibility index (Phi) is 7.23. The fourth-order valence-corrected chi connectivity index (χ4v) is 10.2. The van der Waals surface area contributed by atoms with E-state index in [2.05, 4.69) is 18.7 Å². The molecular weight excluding hydrogens is 708 g/mol. The van der Waals surface area contributed by atoms with Crippen LogP contribution in [0.15, 0.2) is 71.9 Å². The molecule has 3 atom stereocenters. The summed E-state index contributed by atoms with van der Waals surface area (Å²) in [6.45, 7) is 0.109. The number of fused-ring (bicyclic) bond motifs is 7. The van der Waals surface area contributed by atoms with Gasteiger partial charge in [0.05, 0.1) is 43.8 Å². The number of halogens is 3. The molecule has 2 fully saturated rings. The molecule has 50 heavy (non-hydrogen) atoms. The molecule has 7 aromatic rings. The molecule has 2 aromatic carbocycles. The van der Waals surface area contributed by atoms with Crippen LogP contribution in [0.2, 0.25) is 0 Å². The summed E-state index contributed by atoms with van der Waals surface area (Å²) in [5, 5.41) is 0.944. The van der Waals surface area contributed by atoms with Gasteiger partial charge in [-0.15, -0.1) is 22.7 Å². The summed E-state index contributed by atoms with van der Waals surface area (Å²) in [6, 6.07) is 19.2. The fraction of sp³-hybridized carbons (Fsp3) is 0.229. The molecular formula is C35H22F3N5O4S3. The van der Waals surface area contributed by atoms with Crippen molar-refractivity contribution in [3.8, 4) is 10.4 Å². The number of benzene rings is 2. The molecule has 5 heterocycles. The van der Waals surface area contributed by atoms with Gasteiger partial charge in [0.1, 0.15) is 17.6 Å². The van der Waals surface area contributed by atoms with Gasteiger partial charge in [-0.05, 0) is 37.0 Å². The highest BCUT2D eigenvalue weighted by atomic mass is 32.1. The number of aliphatic imine (C=N–C) groups is 1. The number of alkyl halides is 3. The van der Waals surface area contributed by atoms with E-state index in [4.69, 9.17) is 4.74 Å². The maximum absolute atomic E-state index is 13.8. The van der Waals surface area contributed by atoms with Gasteiger partial charge in [0.25, 0.3) is 0 Å². The lowest BCUT2D eigenvalue weighted by Crippen LogP contribution is -2.34. The van der Waals surface area contributed by atoms with Crippen LogP contribution < -0.4 is 0 Å².